The third-order valence-electron chi connectivity index (χ3n) is 3.76. The Bertz CT molecular complexity index is 708. The molecule has 0 saturated carbocycles. The highest BCUT2D eigenvalue weighted by Gasteiger charge is 2.12. The Morgan fingerprint density at radius 2 is 2.08 bits per heavy atom. The number of hydrogen-bond acceptors (Lipinski definition) is 4. The van der Waals surface area contributed by atoms with Gasteiger partial charge in [-0.3, -0.25) is 4.99 Å². The molecular weight excluding hydrogens is 360 g/mol. The molecule has 0 amide bonds. The van der Waals surface area contributed by atoms with Crippen LogP contribution in [0.15, 0.2) is 40.7 Å². The van der Waals surface area contributed by atoms with Gasteiger partial charge in [0.1, 0.15) is 11.5 Å². The molecule has 0 aliphatic rings. The number of alkyl halides is 2. The van der Waals surface area contributed by atoms with Gasteiger partial charge in [0.15, 0.2) is 5.96 Å². The second-order valence-electron chi connectivity index (χ2n) is 5.58. The maximum atomic E-state index is 12.6. The number of guanidine groups is 1. The Labute approximate surface area is 156 Å². The molecule has 1 heterocycles. The van der Waals surface area contributed by atoms with Gasteiger partial charge in [0.05, 0.1) is 7.11 Å². The van der Waals surface area contributed by atoms with Gasteiger partial charge in [-0.25, -0.2) is 0 Å². The second kappa shape index (κ2) is 9.96. The highest BCUT2D eigenvalue weighted by Crippen LogP contribution is 2.26. The molecule has 8 heteroatoms. The van der Waals surface area contributed by atoms with Gasteiger partial charge in [0.25, 0.3) is 0 Å². The number of thiophene rings is 1. The third kappa shape index (κ3) is 5.87. The molecule has 2 N–H and O–H groups in total. The van der Waals surface area contributed by atoms with E-state index in [1.807, 2.05) is 11.4 Å². The van der Waals surface area contributed by atoms with Crippen molar-refractivity contribution in [3.8, 4) is 11.5 Å². The molecule has 1 atom stereocenters. The summed E-state index contributed by atoms with van der Waals surface area (Å²) in [4.78, 5) is 5.45. The van der Waals surface area contributed by atoms with E-state index in [1.54, 1.807) is 30.5 Å². The summed E-state index contributed by atoms with van der Waals surface area (Å²) in [6.45, 7) is 0.233. The number of benzene rings is 1. The smallest absolute Gasteiger partial charge is 0.387 e. The molecule has 0 bridgehead atoms. The Morgan fingerprint density at radius 3 is 2.69 bits per heavy atom. The average Bonchev–Trinajstić information content (AvgIpc) is 3.16. The van der Waals surface area contributed by atoms with Crippen LogP contribution in [0.2, 0.25) is 0 Å². The summed E-state index contributed by atoms with van der Waals surface area (Å²) in [5.74, 6) is 1.46. The zero-order valence-electron chi connectivity index (χ0n) is 15.0. The standard InChI is InChI=1S/C18H23F2N3O2S/c1-12(16-5-4-8-26-16)10-22-18(21-2)23-11-13-6-7-14(24-3)9-15(13)25-17(19)20/h4-9,12,17H,10-11H2,1-3H3,(H2,21,22,23). The van der Waals surface area contributed by atoms with E-state index in [2.05, 4.69) is 33.4 Å². The summed E-state index contributed by atoms with van der Waals surface area (Å²) in [6.07, 6.45) is 0. The highest BCUT2D eigenvalue weighted by atomic mass is 32.1. The predicted octanol–water partition coefficient (Wildman–Crippen LogP) is 3.83. The quantitative estimate of drug-likeness (QED) is 0.537. The number of nitrogens with zero attached hydrogens (tertiary/aromatic N) is 1. The van der Waals surface area contributed by atoms with E-state index < -0.39 is 6.61 Å². The Balaban J connectivity index is 1.95. The molecule has 1 aromatic carbocycles. The van der Waals surface area contributed by atoms with Crippen molar-refractivity contribution < 1.29 is 18.3 Å². The number of nitrogens with one attached hydrogen (secondary N) is 2. The monoisotopic (exact) mass is 383 g/mol. The molecule has 0 spiro atoms. The van der Waals surface area contributed by atoms with Gasteiger partial charge >= 0.3 is 6.61 Å². The summed E-state index contributed by atoms with van der Waals surface area (Å²) in [5.41, 5.74) is 0.584. The lowest BCUT2D eigenvalue weighted by Crippen LogP contribution is -2.38. The van der Waals surface area contributed by atoms with Crippen LogP contribution in [0.4, 0.5) is 8.78 Å². The van der Waals surface area contributed by atoms with Crippen molar-refractivity contribution in [3.05, 3.63) is 46.2 Å². The van der Waals surface area contributed by atoms with Crippen molar-refractivity contribution in [2.45, 2.75) is 26.0 Å². The minimum Gasteiger partial charge on any atom is -0.497 e. The number of aliphatic imine (C=N–C) groups is 1. The third-order valence-corrected chi connectivity index (χ3v) is 4.87. The number of halogens is 2. The van der Waals surface area contributed by atoms with Gasteiger partial charge in [-0.15, -0.1) is 11.3 Å². The molecule has 26 heavy (non-hydrogen) atoms. The van der Waals surface area contributed by atoms with Gasteiger partial charge in [0, 0.05) is 42.6 Å². The normalized spacial score (nSPS) is 12.8. The Kier molecular flexibility index (Phi) is 7.65. The summed E-state index contributed by atoms with van der Waals surface area (Å²) in [7, 11) is 3.13. The van der Waals surface area contributed by atoms with Crippen molar-refractivity contribution >= 4 is 17.3 Å². The fourth-order valence-electron chi connectivity index (χ4n) is 2.34. The molecule has 0 radical (unpaired) electrons. The fraction of sp³-hybridized carbons (Fsp3) is 0.389. The molecule has 0 aliphatic heterocycles. The zero-order valence-corrected chi connectivity index (χ0v) is 15.8. The van der Waals surface area contributed by atoms with E-state index in [-0.39, 0.29) is 5.75 Å². The predicted molar refractivity (Wildman–Crippen MR) is 101 cm³/mol. The summed E-state index contributed by atoms with van der Waals surface area (Å²) in [6, 6.07) is 8.95. The van der Waals surface area contributed by atoms with Gasteiger partial charge < -0.3 is 20.1 Å². The van der Waals surface area contributed by atoms with Gasteiger partial charge in [-0.05, 0) is 23.6 Å². The van der Waals surface area contributed by atoms with Gasteiger partial charge in [-0.1, -0.05) is 13.0 Å². The van der Waals surface area contributed by atoms with Crippen LogP contribution in [-0.2, 0) is 6.54 Å². The maximum absolute atomic E-state index is 12.6. The first-order chi connectivity index (χ1) is 12.5. The lowest BCUT2D eigenvalue weighted by Gasteiger charge is -2.17. The van der Waals surface area contributed by atoms with Crippen molar-refractivity contribution in [3.63, 3.8) is 0 Å². The van der Waals surface area contributed by atoms with Crippen LogP contribution in [0.3, 0.4) is 0 Å². The summed E-state index contributed by atoms with van der Waals surface area (Å²) in [5, 5.41) is 8.41. The van der Waals surface area contributed by atoms with Crippen LogP contribution in [0, 0.1) is 0 Å². The Hall–Kier alpha value is -2.35. The summed E-state index contributed by atoms with van der Waals surface area (Å²) >= 11 is 1.71. The SMILES string of the molecule is CN=C(NCc1ccc(OC)cc1OC(F)F)NCC(C)c1cccs1. The first-order valence-electron chi connectivity index (χ1n) is 8.13. The minimum atomic E-state index is -2.90. The van der Waals surface area contributed by atoms with Crippen molar-refractivity contribution in [2.24, 2.45) is 4.99 Å². The minimum absolute atomic E-state index is 0.0780. The molecule has 5 nitrogen and oxygen atoms in total. The highest BCUT2D eigenvalue weighted by molar-refractivity contribution is 7.10. The molecule has 2 rings (SSSR count). The molecule has 142 valence electrons. The topological polar surface area (TPSA) is 54.9 Å². The second-order valence-corrected chi connectivity index (χ2v) is 6.55. The van der Waals surface area contributed by atoms with Crippen LogP contribution in [0.25, 0.3) is 0 Å². The zero-order chi connectivity index (χ0) is 18.9. The van der Waals surface area contributed by atoms with Crippen molar-refractivity contribution in [2.75, 3.05) is 20.7 Å². The van der Waals surface area contributed by atoms with E-state index in [1.165, 1.54) is 18.1 Å². The Morgan fingerprint density at radius 1 is 1.27 bits per heavy atom. The maximum Gasteiger partial charge on any atom is 0.387 e. The van der Waals surface area contributed by atoms with Crippen molar-refractivity contribution in [1.82, 2.24) is 10.6 Å². The van der Waals surface area contributed by atoms with Crippen LogP contribution >= 0.6 is 11.3 Å². The first kappa shape index (κ1) is 20.0. The lowest BCUT2D eigenvalue weighted by molar-refractivity contribution is -0.0505. The molecular formula is C18H23F2N3O2S. The van der Waals surface area contributed by atoms with Crippen LogP contribution in [-0.4, -0.2) is 33.3 Å². The molecule has 0 aliphatic carbocycles. The number of rotatable bonds is 8. The number of hydrogen-bond donors (Lipinski definition) is 2. The first-order valence-corrected chi connectivity index (χ1v) is 9.01. The largest absolute Gasteiger partial charge is 0.497 e. The van der Waals surface area contributed by atoms with Gasteiger partial charge in [-0.2, -0.15) is 8.78 Å². The molecule has 1 aromatic heterocycles. The van der Waals surface area contributed by atoms with Crippen LogP contribution in [0.5, 0.6) is 11.5 Å². The number of methoxy groups -OCH3 is 1. The lowest BCUT2D eigenvalue weighted by atomic mass is 10.1. The summed E-state index contributed by atoms with van der Waals surface area (Å²) < 4.78 is 34.9. The molecule has 2 aromatic rings. The van der Waals surface area contributed by atoms with E-state index >= 15 is 0 Å². The van der Waals surface area contributed by atoms with Gasteiger partial charge in [0.2, 0.25) is 0 Å². The number of ether oxygens (including phenoxy) is 2. The van der Waals surface area contributed by atoms with E-state index in [0.29, 0.717) is 36.3 Å². The fourth-order valence-corrected chi connectivity index (χ4v) is 3.12. The van der Waals surface area contributed by atoms with Crippen molar-refractivity contribution in [1.29, 1.82) is 0 Å². The average molecular weight is 383 g/mol. The van der Waals surface area contributed by atoms with E-state index in [4.69, 9.17) is 4.74 Å². The van der Waals surface area contributed by atoms with E-state index in [9.17, 15) is 8.78 Å². The molecule has 0 fully saturated rings. The van der Waals surface area contributed by atoms with Crippen LogP contribution < -0.4 is 20.1 Å². The van der Waals surface area contributed by atoms with E-state index in [0.717, 1.165) is 0 Å². The molecule has 0 saturated heterocycles. The molecule has 1 unspecified atom stereocenters. The van der Waals surface area contributed by atoms with Crippen LogP contribution in [0.1, 0.15) is 23.3 Å².